The van der Waals surface area contributed by atoms with Gasteiger partial charge in [0.25, 0.3) is 10.0 Å². The first-order valence-electron chi connectivity index (χ1n) is 6.69. The predicted octanol–water partition coefficient (Wildman–Crippen LogP) is 3.12. The van der Waals surface area contributed by atoms with Gasteiger partial charge in [-0.25, -0.2) is 8.42 Å². The number of anilines is 1. The van der Waals surface area contributed by atoms with Gasteiger partial charge in [-0.2, -0.15) is 0 Å². The van der Waals surface area contributed by atoms with E-state index in [2.05, 4.69) is 4.72 Å². The first-order chi connectivity index (χ1) is 10.4. The number of sulfonamides is 1. The maximum absolute atomic E-state index is 12.5. The zero-order valence-corrected chi connectivity index (χ0v) is 13.8. The zero-order chi connectivity index (χ0) is 16.3. The molecule has 0 radical (unpaired) electrons. The molecule has 0 bridgehead atoms. The van der Waals surface area contributed by atoms with Crippen molar-refractivity contribution in [3.05, 3.63) is 47.5 Å². The molecule has 22 heavy (non-hydrogen) atoms. The average molecular weight is 321 g/mol. The Labute approximate surface area is 130 Å². The second-order valence-corrected chi connectivity index (χ2v) is 6.63. The lowest BCUT2D eigenvalue weighted by Gasteiger charge is -2.15. The lowest BCUT2D eigenvalue weighted by Crippen LogP contribution is -2.14. The van der Waals surface area contributed by atoms with Crippen molar-refractivity contribution in [2.45, 2.75) is 18.7 Å². The van der Waals surface area contributed by atoms with Crippen molar-refractivity contribution in [1.82, 2.24) is 0 Å². The largest absolute Gasteiger partial charge is 0.496 e. The third-order valence-electron chi connectivity index (χ3n) is 3.26. The van der Waals surface area contributed by atoms with Crippen molar-refractivity contribution >= 4 is 15.7 Å². The minimum Gasteiger partial charge on any atom is -0.496 e. The minimum atomic E-state index is -3.69. The maximum atomic E-state index is 12.5. The molecule has 6 heteroatoms. The summed E-state index contributed by atoms with van der Waals surface area (Å²) in [7, 11) is -0.665. The van der Waals surface area contributed by atoms with Crippen molar-refractivity contribution in [2.24, 2.45) is 0 Å². The highest BCUT2D eigenvalue weighted by atomic mass is 32.2. The quantitative estimate of drug-likeness (QED) is 0.919. The molecule has 0 aliphatic rings. The number of nitrogens with one attached hydrogen (secondary N) is 1. The van der Waals surface area contributed by atoms with E-state index in [0.29, 0.717) is 17.2 Å². The third kappa shape index (κ3) is 3.33. The molecule has 0 saturated carbocycles. The highest BCUT2D eigenvalue weighted by Gasteiger charge is 2.18. The lowest BCUT2D eigenvalue weighted by atomic mass is 10.2. The van der Waals surface area contributed by atoms with Crippen LogP contribution in [0.15, 0.2) is 41.3 Å². The van der Waals surface area contributed by atoms with Crippen LogP contribution in [0.25, 0.3) is 0 Å². The van der Waals surface area contributed by atoms with E-state index in [1.54, 1.807) is 30.3 Å². The molecular formula is C16H19NO4S. The van der Waals surface area contributed by atoms with Crippen LogP contribution in [0.5, 0.6) is 11.5 Å². The fourth-order valence-electron chi connectivity index (χ4n) is 2.12. The molecule has 2 rings (SSSR count). The van der Waals surface area contributed by atoms with E-state index >= 15 is 0 Å². The van der Waals surface area contributed by atoms with E-state index in [-0.39, 0.29) is 4.90 Å². The van der Waals surface area contributed by atoms with Gasteiger partial charge in [0.1, 0.15) is 11.5 Å². The van der Waals surface area contributed by atoms with Crippen LogP contribution >= 0.6 is 0 Å². The van der Waals surface area contributed by atoms with Crippen LogP contribution in [0.4, 0.5) is 5.69 Å². The van der Waals surface area contributed by atoms with Crippen molar-refractivity contribution in [1.29, 1.82) is 0 Å². The molecule has 0 spiro atoms. The van der Waals surface area contributed by atoms with E-state index in [0.717, 1.165) is 11.1 Å². The molecule has 0 heterocycles. The maximum Gasteiger partial charge on any atom is 0.262 e. The van der Waals surface area contributed by atoms with E-state index < -0.39 is 10.0 Å². The number of ether oxygens (including phenoxy) is 2. The molecule has 0 aliphatic heterocycles. The van der Waals surface area contributed by atoms with Crippen LogP contribution in [0.3, 0.4) is 0 Å². The summed E-state index contributed by atoms with van der Waals surface area (Å²) >= 11 is 0. The fraction of sp³-hybridized carbons (Fsp3) is 0.250. The van der Waals surface area contributed by atoms with Crippen molar-refractivity contribution in [3.63, 3.8) is 0 Å². The number of methoxy groups -OCH3 is 2. The Morgan fingerprint density at radius 3 is 2.23 bits per heavy atom. The highest BCUT2D eigenvalue weighted by Crippen LogP contribution is 2.33. The zero-order valence-electron chi connectivity index (χ0n) is 13.0. The molecular weight excluding hydrogens is 302 g/mol. The van der Waals surface area contributed by atoms with Crippen LogP contribution in [0, 0.1) is 13.8 Å². The van der Waals surface area contributed by atoms with Crippen LogP contribution < -0.4 is 14.2 Å². The molecule has 2 aromatic rings. The van der Waals surface area contributed by atoms with Crippen LogP contribution in [-0.4, -0.2) is 22.6 Å². The second-order valence-electron chi connectivity index (χ2n) is 4.94. The number of benzene rings is 2. The Morgan fingerprint density at radius 2 is 1.64 bits per heavy atom. The first-order valence-corrected chi connectivity index (χ1v) is 8.18. The monoisotopic (exact) mass is 321 g/mol. The molecule has 1 N–H and O–H groups in total. The van der Waals surface area contributed by atoms with E-state index in [9.17, 15) is 8.42 Å². The van der Waals surface area contributed by atoms with Crippen molar-refractivity contribution in [2.75, 3.05) is 18.9 Å². The predicted molar refractivity (Wildman–Crippen MR) is 86.3 cm³/mol. The Bertz CT molecular complexity index is 785. The summed E-state index contributed by atoms with van der Waals surface area (Å²) in [5.74, 6) is 1.03. The van der Waals surface area contributed by atoms with E-state index in [1.165, 1.54) is 14.2 Å². The molecule has 118 valence electrons. The summed E-state index contributed by atoms with van der Waals surface area (Å²) in [5, 5.41) is 0. The number of hydrogen-bond donors (Lipinski definition) is 1. The van der Waals surface area contributed by atoms with Gasteiger partial charge < -0.3 is 9.47 Å². The van der Waals surface area contributed by atoms with Gasteiger partial charge in [-0.3, -0.25) is 4.72 Å². The van der Waals surface area contributed by atoms with Gasteiger partial charge in [0.05, 0.1) is 24.8 Å². The highest BCUT2D eigenvalue weighted by molar-refractivity contribution is 7.92. The Morgan fingerprint density at radius 1 is 0.955 bits per heavy atom. The molecule has 0 atom stereocenters. The van der Waals surface area contributed by atoms with Gasteiger partial charge >= 0.3 is 0 Å². The third-order valence-corrected chi connectivity index (χ3v) is 4.62. The SMILES string of the molecule is COc1cc(NS(=O)(=O)c2cccc(C)c2)c(OC)cc1C. The van der Waals surface area contributed by atoms with Gasteiger partial charge in [0, 0.05) is 6.07 Å². The van der Waals surface area contributed by atoms with Gasteiger partial charge in [-0.15, -0.1) is 0 Å². The molecule has 0 amide bonds. The average Bonchev–Trinajstić information content (AvgIpc) is 2.48. The molecule has 0 unspecified atom stereocenters. The van der Waals surface area contributed by atoms with Crippen LogP contribution in [-0.2, 0) is 10.0 Å². The summed E-state index contributed by atoms with van der Waals surface area (Å²) in [6, 6.07) is 10.0. The second kappa shape index (κ2) is 6.27. The number of hydrogen-bond acceptors (Lipinski definition) is 4. The summed E-state index contributed by atoms with van der Waals surface area (Å²) < 4.78 is 38.0. The Balaban J connectivity index is 2.45. The van der Waals surface area contributed by atoms with E-state index in [4.69, 9.17) is 9.47 Å². The minimum absolute atomic E-state index is 0.203. The summed E-state index contributed by atoms with van der Waals surface area (Å²) in [6.45, 7) is 3.70. The van der Waals surface area contributed by atoms with Gasteiger partial charge in [0.2, 0.25) is 0 Å². The molecule has 5 nitrogen and oxygen atoms in total. The topological polar surface area (TPSA) is 64.6 Å². The first kappa shape index (κ1) is 16.2. The fourth-order valence-corrected chi connectivity index (χ4v) is 3.28. The molecule has 0 fully saturated rings. The van der Waals surface area contributed by atoms with E-state index in [1.807, 2.05) is 19.9 Å². The smallest absolute Gasteiger partial charge is 0.262 e. The summed E-state index contributed by atoms with van der Waals surface area (Å²) in [6.07, 6.45) is 0. The molecule has 2 aromatic carbocycles. The molecule has 0 aromatic heterocycles. The van der Waals surface area contributed by atoms with Gasteiger partial charge in [0.15, 0.2) is 0 Å². The van der Waals surface area contributed by atoms with Crippen molar-refractivity contribution in [3.8, 4) is 11.5 Å². The molecule has 0 aliphatic carbocycles. The summed E-state index contributed by atoms with van der Waals surface area (Å²) in [5.41, 5.74) is 2.07. The Kier molecular flexibility index (Phi) is 4.61. The number of aryl methyl sites for hydroxylation is 2. The lowest BCUT2D eigenvalue weighted by molar-refractivity contribution is 0.402. The van der Waals surface area contributed by atoms with Crippen molar-refractivity contribution < 1.29 is 17.9 Å². The van der Waals surface area contributed by atoms with Crippen LogP contribution in [0.2, 0.25) is 0 Å². The Hall–Kier alpha value is -2.21. The standard InChI is InChI=1S/C16H19NO4S/c1-11-6-5-7-13(8-11)22(18,19)17-14-10-15(20-3)12(2)9-16(14)21-4/h5-10,17H,1-4H3. The normalized spacial score (nSPS) is 11.1. The van der Waals surface area contributed by atoms with Crippen LogP contribution in [0.1, 0.15) is 11.1 Å². The number of rotatable bonds is 5. The van der Waals surface area contributed by atoms with Gasteiger partial charge in [-0.1, -0.05) is 12.1 Å². The summed E-state index contributed by atoms with van der Waals surface area (Å²) in [4.78, 5) is 0.203. The van der Waals surface area contributed by atoms with Gasteiger partial charge in [-0.05, 0) is 43.2 Å². The molecule has 0 saturated heterocycles.